The maximum absolute atomic E-state index is 13.0. The van der Waals surface area contributed by atoms with Gasteiger partial charge in [-0.15, -0.1) is 0 Å². The molecule has 6 N–H and O–H groups in total. The van der Waals surface area contributed by atoms with Gasteiger partial charge in [0.2, 0.25) is 5.91 Å². The molecule has 1 amide bonds. The summed E-state index contributed by atoms with van der Waals surface area (Å²) < 4.78 is 16.7. The number of amides is 1. The van der Waals surface area contributed by atoms with Crippen LogP contribution in [0.3, 0.4) is 0 Å². The number of aliphatic hydroxyl groups is 5. The third kappa shape index (κ3) is 47.0. The molecule has 1 aliphatic heterocycles. The Morgan fingerprint density at radius 2 is 0.850 bits per heavy atom. The van der Waals surface area contributed by atoms with E-state index in [0.29, 0.717) is 19.4 Å². The molecule has 7 atom stereocenters. The largest absolute Gasteiger partial charge is 0.466 e. The standard InChI is InChI=1S/C69H127NO10/c1-3-5-7-9-11-13-14-37-41-45-49-53-57-65(74)78-58-54-50-46-42-38-35-33-31-29-27-25-23-21-19-17-15-16-18-20-22-24-26-28-30-32-34-36-40-44-48-52-56-64(73)70-61(62(72)55-51-47-43-39-12-10-8-6-4-2)60-79-69-68(77)67(76)66(75)63(59-71)80-69/h12,17,19,23,25,39,51,55,61-63,66-69,71-72,75-77H,3-11,13-16,18,20-22,24,26-38,40-50,52-54,56-60H2,1-2H3,(H,70,73)/b19-17-,25-23-,39-12+,55-51+. The molecular weight excluding hydrogens is 1000 g/mol. The van der Waals surface area contributed by atoms with Crippen LogP contribution in [0.5, 0.6) is 0 Å². The predicted octanol–water partition coefficient (Wildman–Crippen LogP) is 16.8. The topological polar surface area (TPSA) is 175 Å². The molecule has 0 aromatic heterocycles. The average Bonchev–Trinajstić information content (AvgIpc) is 3.46. The Balaban J connectivity index is 1.95. The predicted molar refractivity (Wildman–Crippen MR) is 334 cm³/mol. The van der Waals surface area contributed by atoms with Gasteiger partial charge < -0.3 is 45.1 Å². The number of esters is 1. The number of hydrogen-bond donors (Lipinski definition) is 6. The molecular formula is C69H127NO10. The number of hydrogen-bond acceptors (Lipinski definition) is 10. The molecule has 0 aliphatic carbocycles. The van der Waals surface area contributed by atoms with E-state index in [9.17, 15) is 35.1 Å². The van der Waals surface area contributed by atoms with Crippen LogP contribution in [0.4, 0.5) is 0 Å². The lowest BCUT2D eigenvalue weighted by Crippen LogP contribution is -2.60. The maximum atomic E-state index is 13.0. The van der Waals surface area contributed by atoms with Crippen LogP contribution in [0, 0.1) is 0 Å². The van der Waals surface area contributed by atoms with Crippen LogP contribution in [0.2, 0.25) is 0 Å². The van der Waals surface area contributed by atoms with Gasteiger partial charge >= 0.3 is 5.97 Å². The van der Waals surface area contributed by atoms with Crippen molar-refractivity contribution in [3.8, 4) is 0 Å². The summed E-state index contributed by atoms with van der Waals surface area (Å²) in [5.41, 5.74) is 0. The van der Waals surface area contributed by atoms with Crippen LogP contribution in [0.1, 0.15) is 316 Å². The Bertz CT molecular complexity index is 1470. The summed E-state index contributed by atoms with van der Waals surface area (Å²) in [7, 11) is 0. The number of rotatable bonds is 59. The fraction of sp³-hybridized carbons (Fsp3) is 0.855. The molecule has 0 bridgehead atoms. The molecule has 1 fully saturated rings. The summed E-state index contributed by atoms with van der Waals surface area (Å²) in [6.07, 6.45) is 65.5. The van der Waals surface area contributed by atoms with Gasteiger partial charge in [0.25, 0.3) is 0 Å². The van der Waals surface area contributed by atoms with Crippen LogP contribution < -0.4 is 5.32 Å². The highest BCUT2D eigenvalue weighted by Gasteiger charge is 2.44. The first kappa shape index (κ1) is 75.6. The molecule has 0 saturated carbocycles. The monoisotopic (exact) mass is 1130 g/mol. The molecule has 0 spiro atoms. The van der Waals surface area contributed by atoms with E-state index < -0.39 is 49.5 Å². The number of aliphatic hydroxyl groups excluding tert-OH is 5. The Hall–Kier alpha value is -2.38. The zero-order chi connectivity index (χ0) is 58.0. The molecule has 1 rings (SSSR count). The van der Waals surface area contributed by atoms with Gasteiger partial charge in [0.1, 0.15) is 24.4 Å². The van der Waals surface area contributed by atoms with Crippen molar-refractivity contribution >= 4 is 11.9 Å². The van der Waals surface area contributed by atoms with Crippen LogP contribution in [-0.2, 0) is 23.8 Å². The number of nitrogens with one attached hydrogen (secondary N) is 1. The van der Waals surface area contributed by atoms with E-state index in [1.165, 1.54) is 225 Å². The lowest BCUT2D eigenvalue weighted by molar-refractivity contribution is -0.302. The highest BCUT2D eigenvalue weighted by Crippen LogP contribution is 2.23. The van der Waals surface area contributed by atoms with Crippen LogP contribution in [0.25, 0.3) is 0 Å². The van der Waals surface area contributed by atoms with Crippen molar-refractivity contribution in [2.75, 3.05) is 19.8 Å². The van der Waals surface area contributed by atoms with Gasteiger partial charge in [0.05, 0.1) is 32.0 Å². The Labute approximate surface area is 491 Å². The van der Waals surface area contributed by atoms with E-state index in [1.807, 2.05) is 6.08 Å². The minimum Gasteiger partial charge on any atom is -0.466 e. The molecule has 80 heavy (non-hydrogen) atoms. The van der Waals surface area contributed by atoms with Crippen molar-refractivity contribution in [1.82, 2.24) is 5.32 Å². The summed E-state index contributed by atoms with van der Waals surface area (Å²) in [4.78, 5) is 25.0. The first-order valence-electron chi connectivity index (χ1n) is 33.9. The summed E-state index contributed by atoms with van der Waals surface area (Å²) in [5, 5.41) is 54.2. The molecule has 0 aromatic carbocycles. The molecule has 0 radical (unpaired) electrons. The van der Waals surface area contributed by atoms with Gasteiger partial charge in [-0.3, -0.25) is 9.59 Å². The van der Waals surface area contributed by atoms with Gasteiger partial charge in [-0.1, -0.05) is 274 Å². The Morgan fingerprint density at radius 3 is 1.34 bits per heavy atom. The van der Waals surface area contributed by atoms with Crippen LogP contribution in [0.15, 0.2) is 48.6 Å². The normalized spacial score (nSPS) is 18.6. The minimum absolute atomic E-state index is 0.00551. The first-order valence-corrected chi connectivity index (χ1v) is 33.9. The van der Waals surface area contributed by atoms with Gasteiger partial charge in [0, 0.05) is 12.8 Å². The molecule has 7 unspecified atom stereocenters. The van der Waals surface area contributed by atoms with Crippen molar-refractivity contribution in [3.05, 3.63) is 48.6 Å². The van der Waals surface area contributed by atoms with Gasteiger partial charge in [0.15, 0.2) is 6.29 Å². The van der Waals surface area contributed by atoms with E-state index >= 15 is 0 Å². The minimum atomic E-state index is -1.58. The third-order valence-corrected chi connectivity index (χ3v) is 15.9. The van der Waals surface area contributed by atoms with Gasteiger partial charge in [-0.2, -0.15) is 0 Å². The number of carbonyl (C=O) groups excluding carboxylic acids is 2. The highest BCUT2D eigenvalue weighted by molar-refractivity contribution is 5.76. The van der Waals surface area contributed by atoms with Gasteiger partial charge in [-0.25, -0.2) is 0 Å². The van der Waals surface area contributed by atoms with Crippen molar-refractivity contribution < 1.29 is 49.3 Å². The molecule has 11 nitrogen and oxygen atoms in total. The van der Waals surface area contributed by atoms with Gasteiger partial charge in [-0.05, 0) is 77.0 Å². The molecule has 1 aliphatic rings. The van der Waals surface area contributed by atoms with Crippen LogP contribution in [-0.4, -0.2) is 100 Å². The molecule has 1 heterocycles. The van der Waals surface area contributed by atoms with Crippen LogP contribution >= 0.6 is 0 Å². The quantitative estimate of drug-likeness (QED) is 0.0195. The van der Waals surface area contributed by atoms with E-state index in [-0.39, 0.29) is 18.5 Å². The number of carbonyl (C=O) groups is 2. The van der Waals surface area contributed by atoms with Crippen molar-refractivity contribution in [3.63, 3.8) is 0 Å². The highest BCUT2D eigenvalue weighted by atomic mass is 16.7. The maximum Gasteiger partial charge on any atom is 0.305 e. The lowest BCUT2D eigenvalue weighted by atomic mass is 9.99. The van der Waals surface area contributed by atoms with Crippen molar-refractivity contribution in [2.24, 2.45) is 0 Å². The molecule has 1 saturated heterocycles. The fourth-order valence-corrected chi connectivity index (χ4v) is 10.5. The second-order valence-electron chi connectivity index (χ2n) is 23.5. The molecule has 0 aromatic rings. The van der Waals surface area contributed by atoms with E-state index in [2.05, 4.69) is 55.6 Å². The zero-order valence-electron chi connectivity index (χ0n) is 51.8. The number of ether oxygens (including phenoxy) is 3. The van der Waals surface area contributed by atoms with E-state index in [0.717, 1.165) is 64.2 Å². The second kappa shape index (κ2) is 58.4. The summed E-state index contributed by atoms with van der Waals surface area (Å²) in [5.74, 6) is -0.188. The summed E-state index contributed by atoms with van der Waals surface area (Å²) >= 11 is 0. The zero-order valence-corrected chi connectivity index (χ0v) is 51.8. The van der Waals surface area contributed by atoms with E-state index in [1.54, 1.807) is 6.08 Å². The Morgan fingerprint density at radius 1 is 0.463 bits per heavy atom. The third-order valence-electron chi connectivity index (χ3n) is 15.9. The molecule has 11 heteroatoms. The number of unbranched alkanes of at least 4 members (excludes halogenated alkanes) is 39. The summed E-state index contributed by atoms with van der Waals surface area (Å²) in [6.45, 7) is 4.29. The smallest absolute Gasteiger partial charge is 0.305 e. The van der Waals surface area contributed by atoms with E-state index in [4.69, 9.17) is 14.2 Å². The van der Waals surface area contributed by atoms with Crippen molar-refractivity contribution in [1.29, 1.82) is 0 Å². The second-order valence-corrected chi connectivity index (χ2v) is 23.5. The SMILES string of the molecule is CCCCC/C=C/CC/C=C/C(O)C(COC1OC(CO)C(O)C(O)C1O)NC(=O)CCCCCCCCCCCCCCCCC/C=C\C/C=C\CCCCCCCCCCCOC(=O)CCCCCCCCCCCCCC. The Kier molecular flexibility index (Phi) is 55.2. The summed E-state index contributed by atoms with van der Waals surface area (Å²) in [6, 6.07) is -0.826. The number of allylic oxidation sites excluding steroid dienone is 7. The van der Waals surface area contributed by atoms with Crippen molar-refractivity contribution in [2.45, 2.75) is 358 Å². The fourth-order valence-electron chi connectivity index (χ4n) is 10.5. The lowest BCUT2D eigenvalue weighted by Gasteiger charge is -2.40. The average molecular weight is 1130 g/mol. The first-order chi connectivity index (χ1) is 39.2. The molecule has 468 valence electrons.